The third kappa shape index (κ3) is 2.49. The smallest absolute Gasteiger partial charge is 0.335 e. The number of hydrogen-bond acceptors (Lipinski definition) is 4. The Bertz CT molecular complexity index is 729. The molecule has 6 heteroatoms. The van der Waals surface area contributed by atoms with Crippen LogP contribution in [0.2, 0.25) is 0 Å². The first kappa shape index (κ1) is 17.3. The molecular formula is C20H25NO5. The maximum atomic E-state index is 11.5. The van der Waals surface area contributed by atoms with E-state index in [1.54, 1.807) is 0 Å². The van der Waals surface area contributed by atoms with Crippen LogP contribution in [0, 0.1) is 39.7 Å². The van der Waals surface area contributed by atoms with E-state index < -0.39 is 16.5 Å². The number of aromatic carboxylic acids is 1. The van der Waals surface area contributed by atoms with Crippen molar-refractivity contribution in [3.63, 3.8) is 0 Å². The Kier molecular flexibility index (Phi) is 3.97. The van der Waals surface area contributed by atoms with Crippen LogP contribution in [0.1, 0.15) is 56.3 Å². The van der Waals surface area contributed by atoms with Crippen molar-refractivity contribution in [3.05, 3.63) is 33.9 Å². The Balaban J connectivity index is 1.77. The van der Waals surface area contributed by atoms with Gasteiger partial charge in [-0.25, -0.2) is 4.79 Å². The predicted octanol–water partition coefficient (Wildman–Crippen LogP) is 4.52. The van der Waals surface area contributed by atoms with Crippen LogP contribution < -0.4 is 4.74 Å². The molecule has 4 aliphatic carbocycles. The van der Waals surface area contributed by atoms with Gasteiger partial charge in [0.2, 0.25) is 0 Å². The van der Waals surface area contributed by atoms with Gasteiger partial charge in [-0.3, -0.25) is 10.1 Å². The molecule has 4 saturated carbocycles. The minimum absolute atomic E-state index is 0.0216. The van der Waals surface area contributed by atoms with Crippen LogP contribution in [-0.4, -0.2) is 21.6 Å². The van der Waals surface area contributed by atoms with Gasteiger partial charge in [0.25, 0.3) is 0 Å². The second-order valence-electron chi connectivity index (χ2n) is 8.66. The molecule has 6 nitrogen and oxygen atoms in total. The number of nitro benzene ring substituents is 1. The summed E-state index contributed by atoms with van der Waals surface area (Å²) in [4.78, 5) is 22.4. The molecule has 26 heavy (non-hydrogen) atoms. The summed E-state index contributed by atoms with van der Waals surface area (Å²) in [6.45, 7) is 4.27. The summed E-state index contributed by atoms with van der Waals surface area (Å²) >= 11 is 0. The second-order valence-corrected chi connectivity index (χ2v) is 8.66. The summed E-state index contributed by atoms with van der Waals surface area (Å²) in [6, 6.07) is 3.85. The van der Waals surface area contributed by atoms with E-state index in [4.69, 9.17) is 4.74 Å². The first-order chi connectivity index (χ1) is 12.3. The van der Waals surface area contributed by atoms with Crippen molar-refractivity contribution < 1.29 is 19.6 Å². The van der Waals surface area contributed by atoms with Crippen molar-refractivity contribution in [2.24, 2.45) is 29.6 Å². The number of nitrogens with zero attached hydrogens (tertiary/aromatic N) is 1. The highest BCUT2D eigenvalue weighted by molar-refractivity contribution is 5.88. The molecule has 1 aromatic carbocycles. The maximum Gasteiger partial charge on any atom is 0.335 e. The lowest BCUT2D eigenvalue weighted by molar-refractivity contribution is -0.386. The van der Waals surface area contributed by atoms with E-state index in [-0.39, 0.29) is 22.9 Å². The van der Waals surface area contributed by atoms with Crippen LogP contribution in [0.5, 0.6) is 5.75 Å². The normalized spacial score (nSPS) is 34.9. The quantitative estimate of drug-likeness (QED) is 0.616. The molecule has 0 heterocycles. The van der Waals surface area contributed by atoms with E-state index >= 15 is 0 Å². The topological polar surface area (TPSA) is 89.7 Å². The predicted molar refractivity (Wildman–Crippen MR) is 95.3 cm³/mol. The zero-order valence-electron chi connectivity index (χ0n) is 15.2. The summed E-state index contributed by atoms with van der Waals surface area (Å²) < 4.78 is 6.52. The van der Waals surface area contributed by atoms with Crippen LogP contribution in [0.25, 0.3) is 0 Å². The van der Waals surface area contributed by atoms with Crippen LogP contribution in [0.3, 0.4) is 0 Å². The molecule has 4 fully saturated rings. The third-order valence-corrected chi connectivity index (χ3v) is 7.01. The van der Waals surface area contributed by atoms with Gasteiger partial charge in [-0.1, -0.05) is 13.8 Å². The Morgan fingerprint density at radius 1 is 1.19 bits per heavy atom. The van der Waals surface area contributed by atoms with Gasteiger partial charge in [-0.05, 0) is 67.8 Å². The SMILES string of the molecule is CC(C)C1(Oc2cc(C(=O)O)ccc2[N+](=O)[O-])C2CC3CC(C2)CC1C3. The molecule has 1 aromatic rings. The molecule has 1 N–H and O–H groups in total. The highest BCUT2D eigenvalue weighted by Gasteiger charge is 2.60. The largest absolute Gasteiger partial charge is 0.479 e. The molecular weight excluding hydrogens is 334 g/mol. The first-order valence-electron chi connectivity index (χ1n) is 9.52. The molecule has 0 spiro atoms. The highest BCUT2D eigenvalue weighted by Crippen LogP contribution is 2.62. The average Bonchev–Trinajstić information content (AvgIpc) is 2.56. The number of nitro groups is 1. The second kappa shape index (κ2) is 5.96. The number of carbonyl (C=O) groups is 1. The number of carboxylic acid groups (broad SMARTS) is 1. The van der Waals surface area contributed by atoms with Crippen LogP contribution in [0.4, 0.5) is 5.69 Å². The molecule has 0 saturated heterocycles. The standard InChI is InChI=1S/C20H25NO5/c1-11(2)20(15-6-12-5-13(8-15)9-16(20)7-12)26-18-10-14(19(22)23)3-4-17(18)21(24)25/h3-4,10-13,15-16H,5-9H2,1-2H3,(H,22,23). The van der Waals surface area contributed by atoms with Gasteiger partial charge in [0.15, 0.2) is 5.75 Å². The molecule has 4 bridgehead atoms. The van der Waals surface area contributed by atoms with Gasteiger partial charge in [0.05, 0.1) is 10.5 Å². The first-order valence-corrected chi connectivity index (χ1v) is 9.52. The van der Waals surface area contributed by atoms with E-state index in [2.05, 4.69) is 13.8 Å². The highest BCUT2D eigenvalue weighted by atomic mass is 16.6. The number of benzene rings is 1. The lowest BCUT2D eigenvalue weighted by Gasteiger charge is -2.62. The fourth-order valence-electron chi connectivity index (χ4n) is 6.22. The van der Waals surface area contributed by atoms with Crippen molar-refractivity contribution in [3.8, 4) is 5.75 Å². The molecule has 140 valence electrons. The molecule has 5 rings (SSSR count). The Hall–Kier alpha value is -2.11. The monoisotopic (exact) mass is 359 g/mol. The van der Waals surface area contributed by atoms with Gasteiger partial charge >= 0.3 is 11.7 Å². The minimum atomic E-state index is -1.10. The van der Waals surface area contributed by atoms with Gasteiger partial charge in [-0.2, -0.15) is 0 Å². The Labute approximate surface area is 152 Å². The van der Waals surface area contributed by atoms with Crippen LogP contribution in [-0.2, 0) is 0 Å². The molecule has 0 aromatic heterocycles. The van der Waals surface area contributed by atoms with E-state index in [9.17, 15) is 20.0 Å². The number of rotatable bonds is 5. The van der Waals surface area contributed by atoms with E-state index in [0.717, 1.165) is 37.5 Å². The molecule has 0 aliphatic heterocycles. The fraction of sp³-hybridized carbons (Fsp3) is 0.650. The Morgan fingerprint density at radius 2 is 1.77 bits per heavy atom. The van der Waals surface area contributed by atoms with Gasteiger partial charge < -0.3 is 9.84 Å². The van der Waals surface area contributed by atoms with Crippen molar-refractivity contribution in [2.75, 3.05) is 0 Å². The zero-order chi connectivity index (χ0) is 18.6. The molecule has 4 aliphatic rings. The van der Waals surface area contributed by atoms with E-state index in [0.29, 0.717) is 11.8 Å². The summed E-state index contributed by atoms with van der Waals surface area (Å²) in [6.07, 6.45) is 5.81. The van der Waals surface area contributed by atoms with Crippen LogP contribution >= 0.6 is 0 Å². The van der Waals surface area contributed by atoms with E-state index in [1.165, 1.54) is 24.6 Å². The third-order valence-electron chi connectivity index (χ3n) is 7.01. The number of hydrogen-bond donors (Lipinski definition) is 1. The van der Waals surface area contributed by atoms with Gasteiger partial charge in [0.1, 0.15) is 5.60 Å². The van der Waals surface area contributed by atoms with Crippen LogP contribution in [0.15, 0.2) is 18.2 Å². The van der Waals surface area contributed by atoms with Gasteiger partial charge in [-0.15, -0.1) is 0 Å². The molecule has 0 radical (unpaired) electrons. The van der Waals surface area contributed by atoms with Crippen molar-refractivity contribution in [1.82, 2.24) is 0 Å². The fourth-order valence-corrected chi connectivity index (χ4v) is 6.22. The van der Waals surface area contributed by atoms with Crippen molar-refractivity contribution >= 4 is 11.7 Å². The summed E-state index contributed by atoms with van der Waals surface area (Å²) in [5.41, 5.74) is -0.563. The maximum absolute atomic E-state index is 11.5. The average molecular weight is 359 g/mol. The lowest BCUT2D eigenvalue weighted by Crippen LogP contribution is -2.63. The lowest BCUT2D eigenvalue weighted by atomic mass is 9.47. The molecule has 0 amide bonds. The Morgan fingerprint density at radius 3 is 2.23 bits per heavy atom. The molecule has 0 unspecified atom stereocenters. The van der Waals surface area contributed by atoms with Gasteiger partial charge in [0, 0.05) is 12.1 Å². The number of ether oxygens (including phenoxy) is 1. The zero-order valence-corrected chi connectivity index (χ0v) is 15.2. The van der Waals surface area contributed by atoms with Crippen molar-refractivity contribution in [2.45, 2.75) is 51.6 Å². The number of carboxylic acids is 1. The van der Waals surface area contributed by atoms with Crippen molar-refractivity contribution in [1.29, 1.82) is 0 Å². The summed E-state index contributed by atoms with van der Waals surface area (Å²) in [7, 11) is 0. The summed E-state index contributed by atoms with van der Waals surface area (Å²) in [5, 5.41) is 20.8. The summed E-state index contributed by atoms with van der Waals surface area (Å²) in [5.74, 6) is 1.52. The van der Waals surface area contributed by atoms with E-state index in [1.807, 2.05) is 0 Å². The molecule has 0 atom stereocenters. The minimum Gasteiger partial charge on any atom is -0.479 e.